The van der Waals surface area contributed by atoms with E-state index in [1.165, 1.54) is 0 Å². The molecule has 0 amide bonds. The average Bonchev–Trinajstić information content (AvgIpc) is 2.56. The van der Waals surface area contributed by atoms with Crippen LogP contribution < -0.4 is 0 Å². The molecule has 4 nitrogen and oxygen atoms in total. The molecule has 0 spiro atoms. The fourth-order valence-corrected chi connectivity index (χ4v) is 1.78. The SMILES string of the molecule is C=C(C)C(=O)OC(OC)C(O)CC(F)(F)C(F)(F)C(F)(F)C(F)(F)C(F)(F)C(F)(F)F. The lowest BCUT2D eigenvalue weighted by Gasteiger charge is -2.40. The molecule has 0 radical (unpaired) electrons. The molecule has 0 aliphatic rings. The molecule has 31 heavy (non-hydrogen) atoms. The highest BCUT2D eigenvalue weighted by molar-refractivity contribution is 5.87. The van der Waals surface area contributed by atoms with Gasteiger partial charge in [0.2, 0.25) is 6.29 Å². The van der Waals surface area contributed by atoms with Crippen LogP contribution in [0, 0.1) is 0 Å². The lowest BCUT2D eigenvalue weighted by molar-refractivity contribution is -0.441. The van der Waals surface area contributed by atoms with E-state index in [0.29, 0.717) is 7.11 Å². The zero-order valence-corrected chi connectivity index (χ0v) is 15.2. The van der Waals surface area contributed by atoms with Gasteiger partial charge in [0.1, 0.15) is 6.10 Å². The number of carbonyl (C=O) groups excluding carboxylic acids is 1. The summed E-state index contributed by atoms with van der Waals surface area (Å²) in [7, 11) is 0.516. The first-order chi connectivity index (χ1) is 13.4. The maximum atomic E-state index is 13.7. The molecular weight excluding hydrogens is 479 g/mol. The van der Waals surface area contributed by atoms with Gasteiger partial charge in [-0.3, -0.25) is 0 Å². The van der Waals surface area contributed by atoms with Gasteiger partial charge in [-0.25, -0.2) is 4.79 Å². The highest BCUT2D eigenvalue weighted by atomic mass is 19.4. The summed E-state index contributed by atoms with van der Waals surface area (Å²) in [6.07, 6.45) is -16.3. The van der Waals surface area contributed by atoms with Crippen molar-refractivity contribution in [2.75, 3.05) is 7.11 Å². The molecule has 0 fully saturated rings. The van der Waals surface area contributed by atoms with Crippen LogP contribution in [0.5, 0.6) is 0 Å². The molecule has 0 saturated heterocycles. The first-order valence-electron chi connectivity index (χ1n) is 7.45. The molecule has 0 aromatic rings. The van der Waals surface area contributed by atoms with E-state index in [0.717, 1.165) is 6.92 Å². The number of rotatable bonds is 10. The molecule has 0 aromatic heterocycles. The minimum absolute atomic E-state index is 0.466. The first kappa shape index (κ1) is 29.2. The van der Waals surface area contributed by atoms with Gasteiger partial charge < -0.3 is 14.6 Å². The summed E-state index contributed by atoms with van der Waals surface area (Å²) in [5.74, 6) is -39.5. The third kappa shape index (κ3) is 5.01. The number of methoxy groups -OCH3 is 1. The fourth-order valence-electron chi connectivity index (χ4n) is 1.78. The quantitative estimate of drug-likeness (QED) is 0.210. The second kappa shape index (κ2) is 8.63. The monoisotopic (exact) mass is 492 g/mol. The van der Waals surface area contributed by atoms with E-state index >= 15 is 0 Å². The van der Waals surface area contributed by atoms with Gasteiger partial charge in [0, 0.05) is 19.1 Å². The Kier molecular flexibility index (Phi) is 8.14. The van der Waals surface area contributed by atoms with E-state index in [-0.39, 0.29) is 0 Å². The van der Waals surface area contributed by atoms with Crippen LogP contribution in [-0.4, -0.2) is 66.4 Å². The molecule has 1 N–H and O–H groups in total. The summed E-state index contributed by atoms with van der Waals surface area (Å²) < 4.78 is 177. The summed E-state index contributed by atoms with van der Waals surface area (Å²) in [4.78, 5) is 11.2. The Balaban J connectivity index is 6.06. The number of hydrogen-bond donors (Lipinski definition) is 1. The molecule has 17 heteroatoms. The standard InChI is InChI=1S/C14H13F13O4/c1-5(2)7(29)31-8(30-3)6(28)4-9(15,16)10(17,18)11(19,20)12(21,22)13(23,24)14(25,26)27/h6,8,28H,1,4H2,2-3H3. The summed E-state index contributed by atoms with van der Waals surface area (Å²) in [5, 5.41) is 9.39. The number of alkyl halides is 13. The number of halogens is 13. The van der Waals surface area contributed by atoms with Crippen molar-refractivity contribution in [3.05, 3.63) is 12.2 Å². The Hall–Kier alpha value is -1.78. The molecule has 2 atom stereocenters. The largest absolute Gasteiger partial charge is 0.460 e. The van der Waals surface area contributed by atoms with Crippen molar-refractivity contribution in [2.24, 2.45) is 0 Å². The van der Waals surface area contributed by atoms with E-state index in [2.05, 4.69) is 16.1 Å². The van der Waals surface area contributed by atoms with Crippen LogP contribution in [0.1, 0.15) is 13.3 Å². The molecule has 0 aliphatic heterocycles. The molecule has 0 rings (SSSR count). The van der Waals surface area contributed by atoms with E-state index in [9.17, 15) is 67.0 Å². The summed E-state index contributed by atoms with van der Waals surface area (Å²) in [6.45, 7) is 3.96. The minimum Gasteiger partial charge on any atom is -0.430 e. The van der Waals surface area contributed by atoms with E-state index in [4.69, 9.17) is 0 Å². The lowest BCUT2D eigenvalue weighted by Crippen LogP contribution is -2.70. The molecule has 0 aromatic carbocycles. The number of ether oxygens (including phenoxy) is 2. The maximum Gasteiger partial charge on any atom is 0.460 e. The van der Waals surface area contributed by atoms with Crippen LogP contribution in [0.4, 0.5) is 57.1 Å². The number of esters is 1. The Bertz CT molecular complexity index is 672. The Morgan fingerprint density at radius 1 is 0.839 bits per heavy atom. The molecule has 184 valence electrons. The van der Waals surface area contributed by atoms with E-state index in [1.807, 2.05) is 0 Å². The number of aliphatic hydroxyl groups excluding tert-OH is 1. The van der Waals surface area contributed by atoms with Gasteiger partial charge in [0.15, 0.2) is 0 Å². The van der Waals surface area contributed by atoms with Crippen molar-refractivity contribution in [3.8, 4) is 0 Å². The van der Waals surface area contributed by atoms with Gasteiger partial charge in [-0.1, -0.05) is 6.58 Å². The zero-order chi connectivity index (χ0) is 25.4. The molecular formula is C14H13F13O4. The third-order valence-electron chi connectivity index (χ3n) is 3.58. The lowest BCUT2D eigenvalue weighted by atomic mass is 9.91. The number of hydrogen-bond acceptors (Lipinski definition) is 4. The normalized spacial score (nSPS) is 16.6. The van der Waals surface area contributed by atoms with Crippen molar-refractivity contribution in [3.63, 3.8) is 0 Å². The van der Waals surface area contributed by atoms with Crippen molar-refractivity contribution in [1.82, 2.24) is 0 Å². The fraction of sp³-hybridized carbons (Fsp3) is 0.786. The highest BCUT2D eigenvalue weighted by Gasteiger charge is 2.90. The van der Waals surface area contributed by atoms with Gasteiger partial charge in [0.05, 0.1) is 0 Å². The van der Waals surface area contributed by atoms with E-state index in [1.54, 1.807) is 0 Å². The van der Waals surface area contributed by atoms with Gasteiger partial charge in [-0.2, -0.15) is 57.1 Å². The molecule has 0 heterocycles. The van der Waals surface area contributed by atoms with Gasteiger partial charge in [-0.15, -0.1) is 0 Å². The average molecular weight is 492 g/mol. The predicted molar refractivity (Wildman–Crippen MR) is 73.1 cm³/mol. The van der Waals surface area contributed by atoms with Crippen molar-refractivity contribution in [2.45, 2.75) is 61.5 Å². The smallest absolute Gasteiger partial charge is 0.430 e. The van der Waals surface area contributed by atoms with Crippen LogP contribution in [0.2, 0.25) is 0 Å². The molecule has 0 bridgehead atoms. The van der Waals surface area contributed by atoms with E-state index < -0.39 is 66.1 Å². The molecule has 0 aliphatic carbocycles. The second-order valence-corrected chi connectivity index (χ2v) is 6.06. The van der Waals surface area contributed by atoms with Crippen molar-refractivity contribution >= 4 is 5.97 Å². The predicted octanol–water partition coefficient (Wildman–Crippen LogP) is 4.57. The molecule has 2 unspecified atom stereocenters. The summed E-state index contributed by atoms with van der Waals surface area (Å²) >= 11 is 0. The van der Waals surface area contributed by atoms with Crippen LogP contribution in [-0.2, 0) is 14.3 Å². The van der Waals surface area contributed by atoms with Crippen LogP contribution in [0.25, 0.3) is 0 Å². The Morgan fingerprint density at radius 3 is 1.55 bits per heavy atom. The van der Waals surface area contributed by atoms with Gasteiger partial charge >= 0.3 is 41.8 Å². The number of aliphatic hydroxyl groups is 1. The highest BCUT2D eigenvalue weighted by Crippen LogP contribution is 2.60. The van der Waals surface area contributed by atoms with Gasteiger partial charge in [0.25, 0.3) is 0 Å². The van der Waals surface area contributed by atoms with Crippen LogP contribution >= 0.6 is 0 Å². The van der Waals surface area contributed by atoms with Crippen LogP contribution in [0.3, 0.4) is 0 Å². The summed E-state index contributed by atoms with van der Waals surface area (Å²) in [5.41, 5.74) is -0.466. The summed E-state index contributed by atoms with van der Waals surface area (Å²) in [6, 6.07) is 0. The topological polar surface area (TPSA) is 55.8 Å². The Labute approximate surface area is 164 Å². The first-order valence-corrected chi connectivity index (χ1v) is 7.45. The van der Waals surface area contributed by atoms with Gasteiger partial charge in [-0.05, 0) is 6.92 Å². The Morgan fingerprint density at radius 2 is 1.23 bits per heavy atom. The third-order valence-corrected chi connectivity index (χ3v) is 3.58. The van der Waals surface area contributed by atoms with Crippen molar-refractivity contribution in [1.29, 1.82) is 0 Å². The zero-order valence-electron chi connectivity index (χ0n) is 15.2. The number of carbonyl (C=O) groups is 1. The van der Waals surface area contributed by atoms with Crippen molar-refractivity contribution < 1.29 is 76.5 Å². The minimum atomic E-state index is -8.05. The van der Waals surface area contributed by atoms with Crippen LogP contribution in [0.15, 0.2) is 12.2 Å². The maximum absolute atomic E-state index is 13.7. The second-order valence-electron chi connectivity index (χ2n) is 6.06. The molecule has 0 saturated carbocycles.